The molecule has 1 amide bonds. The van der Waals surface area contributed by atoms with E-state index in [1.54, 1.807) is 23.9 Å². The number of fused-ring (bicyclic) bond motifs is 1. The van der Waals surface area contributed by atoms with Crippen LogP contribution in [-0.2, 0) is 16.1 Å². The van der Waals surface area contributed by atoms with Gasteiger partial charge in [-0.1, -0.05) is 30.3 Å². The van der Waals surface area contributed by atoms with Crippen LogP contribution in [0.4, 0.5) is 0 Å². The number of rotatable bonds is 6. The standard InChI is InChI=1S/C20H20N4O3/c1-13(19(25)23-17-7-8-17)27-20(26)16-9-15-11-22-24(18(15)21-10-16)12-14-5-3-2-4-6-14/h2-6,9-11,13,17H,7-8,12H2,1H3,(H,23,25). The number of amides is 1. The SMILES string of the molecule is CC(OC(=O)c1cnc2c(cnn2Cc2ccccc2)c1)C(=O)NC1CC1. The molecule has 1 fully saturated rings. The molecule has 4 rings (SSSR count). The average molecular weight is 364 g/mol. The van der Waals surface area contributed by atoms with Crippen LogP contribution in [0.5, 0.6) is 0 Å². The third kappa shape index (κ3) is 3.97. The summed E-state index contributed by atoms with van der Waals surface area (Å²) in [6.07, 6.45) is 4.26. The summed E-state index contributed by atoms with van der Waals surface area (Å²) in [4.78, 5) is 28.6. The Labute approximate surface area is 156 Å². The van der Waals surface area contributed by atoms with E-state index in [1.807, 2.05) is 30.3 Å². The number of carbonyl (C=O) groups is 2. The zero-order valence-corrected chi connectivity index (χ0v) is 15.0. The first-order valence-corrected chi connectivity index (χ1v) is 8.97. The summed E-state index contributed by atoms with van der Waals surface area (Å²) in [5.41, 5.74) is 2.10. The van der Waals surface area contributed by atoms with E-state index in [0.29, 0.717) is 17.8 Å². The Morgan fingerprint density at radius 3 is 2.78 bits per heavy atom. The fourth-order valence-corrected chi connectivity index (χ4v) is 2.78. The van der Waals surface area contributed by atoms with E-state index in [0.717, 1.165) is 23.8 Å². The summed E-state index contributed by atoms with van der Waals surface area (Å²) in [5.74, 6) is -0.839. The average Bonchev–Trinajstić information content (AvgIpc) is 3.41. The fraction of sp³-hybridized carbons (Fsp3) is 0.300. The Morgan fingerprint density at radius 1 is 1.26 bits per heavy atom. The highest BCUT2D eigenvalue weighted by Gasteiger charge is 2.27. The van der Waals surface area contributed by atoms with Crippen molar-refractivity contribution in [3.05, 3.63) is 59.9 Å². The van der Waals surface area contributed by atoms with Gasteiger partial charge in [-0.05, 0) is 31.4 Å². The molecule has 1 aromatic carbocycles. The first-order chi connectivity index (χ1) is 13.1. The summed E-state index contributed by atoms with van der Waals surface area (Å²) < 4.78 is 7.04. The van der Waals surface area contributed by atoms with E-state index < -0.39 is 12.1 Å². The summed E-state index contributed by atoms with van der Waals surface area (Å²) in [6, 6.07) is 11.9. The van der Waals surface area contributed by atoms with Crippen molar-refractivity contribution in [3.63, 3.8) is 0 Å². The van der Waals surface area contributed by atoms with Crippen LogP contribution in [0.25, 0.3) is 11.0 Å². The molecule has 1 atom stereocenters. The monoisotopic (exact) mass is 364 g/mol. The molecule has 0 saturated heterocycles. The van der Waals surface area contributed by atoms with Crippen molar-refractivity contribution < 1.29 is 14.3 Å². The quantitative estimate of drug-likeness (QED) is 0.678. The van der Waals surface area contributed by atoms with E-state index in [1.165, 1.54) is 6.20 Å². The summed E-state index contributed by atoms with van der Waals surface area (Å²) in [5, 5.41) is 7.93. The molecule has 0 aliphatic heterocycles. The molecule has 0 spiro atoms. The number of ether oxygens (including phenoxy) is 1. The molecule has 138 valence electrons. The lowest BCUT2D eigenvalue weighted by Crippen LogP contribution is -2.37. The van der Waals surface area contributed by atoms with Gasteiger partial charge >= 0.3 is 5.97 Å². The van der Waals surface area contributed by atoms with Gasteiger partial charge in [0.1, 0.15) is 0 Å². The van der Waals surface area contributed by atoms with Gasteiger partial charge in [0.25, 0.3) is 5.91 Å². The van der Waals surface area contributed by atoms with Crippen LogP contribution in [0.3, 0.4) is 0 Å². The number of esters is 1. The Hall–Kier alpha value is -3.22. The van der Waals surface area contributed by atoms with Crippen LogP contribution in [0.15, 0.2) is 48.8 Å². The largest absolute Gasteiger partial charge is 0.449 e. The highest BCUT2D eigenvalue weighted by Crippen LogP contribution is 2.19. The van der Waals surface area contributed by atoms with Crippen molar-refractivity contribution in [3.8, 4) is 0 Å². The Balaban J connectivity index is 1.46. The van der Waals surface area contributed by atoms with Crippen molar-refractivity contribution in [2.24, 2.45) is 0 Å². The van der Waals surface area contributed by atoms with Crippen molar-refractivity contribution in [2.45, 2.75) is 38.5 Å². The zero-order valence-electron chi connectivity index (χ0n) is 15.0. The van der Waals surface area contributed by atoms with Gasteiger partial charge in [-0.15, -0.1) is 0 Å². The second-order valence-corrected chi connectivity index (χ2v) is 6.76. The molecule has 1 saturated carbocycles. The molecule has 0 bridgehead atoms. The number of aromatic nitrogens is 3. The lowest BCUT2D eigenvalue weighted by molar-refractivity contribution is -0.129. The molecule has 7 heteroatoms. The van der Waals surface area contributed by atoms with Crippen LogP contribution in [0.1, 0.15) is 35.7 Å². The molecule has 2 aromatic heterocycles. The van der Waals surface area contributed by atoms with E-state index in [4.69, 9.17) is 4.74 Å². The van der Waals surface area contributed by atoms with Crippen LogP contribution < -0.4 is 5.32 Å². The Morgan fingerprint density at radius 2 is 2.04 bits per heavy atom. The van der Waals surface area contributed by atoms with Crippen LogP contribution >= 0.6 is 0 Å². The zero-order chi connectivity index (χ0) is 18.8. The number of hydrogen-bond acceptors (Lipinski definition) is 5. The first-order valence-electron chi connectivity index (χ1n) is 8.97. The molecule has 0 radical (unpaired) electrons. The molecular weight excluding hydrogens is 344 g/mol. The van der Waals surface area contributed by atoms with Gasteiger partial charge in [-0.2, -0.15) is 5.10 Å². The number of pyridine rings is 1. The number of hydrogen-bond donors (Lipinski definition) is 1. The maximum Gasteiger partial charge on any atom is 0.340 e. The molecule has 1 aliphatic rings. The molecule has 3 aromatic rings. The second-order valence-electron chi connectivity index (χ2n) is 6.76. The maximum absolute atomic E-state index is 12.3. The van der Waals surface area contributed by atoms with Gasteiger partial charge in [0.05, 0.1) is 18.3 Å². The highest BCUT2D eigenvalue weighted by atomic mass is 16.5. The molecule has 27 heavy (non-hydrogen) atoms. The van der Waals surface area contributed by atoms with E-state index in [2.05, 4.69) is 15.4 Å². The molecule has 2 heterocycles. The maximum atomic E-state index is 12.3. The molecule has 1 aliphatic carbocycles. The van der Waals surface area contributed by atoms with Gasteiger partial charge in [-0.3, -0.25) is 4.79 Å². The topological polar surface area (TPSA) is 86.1 Å². The lowest BCUT2D eigenvalue weighted by Gasteiger charge is -2.13. The van der Waals surface area contributed by atoms with Gasteiger partial charge in [0.2, 0.25) is 0 Å². The predicted molar refractivity (Wildman–Crippen MR) is 99.1 cm³/mol. The minimum atomic E-state index is -0.838. The molecule has 1 N–H and O–H groups in total. The smallest absolute Gasteiger partial charge is 0.340 e. The molecule has 1 unspecified atom stereocenters. The minimum absolute atomic E-state index is 0.229. The van der Waals surface area contributed by atoms with E-state index >= 15 is 0 Å². The third-order valence-corrected chi connectivity index (χ3v) is 4.46. The summed E-state index contributed by atoms with van der Waals surface area (Å²) in [7, 11) is 0. The normalized spacial score (nSPS) is 14.7. The predicted octanol–water partition coefficient (Wildman–Crippen LogP) is 2.30. The van der Waals surface area contributed by atoms with Crippen LogP contribution in [0, 0.1) is 0 Å². The van der Waals surface area contributed by atoms with Gasteiger partial charge < -0.3 is 10.1 Å². The van der Waals surface area contributed by atoms with Crippen molar-refractivity contribution >= 4 is 22.9 Å². The van der Waals surface area contributed by atoms with Crippen molar-refractivity contribution in [1.29, 1.82) is 0 Å². The number of nitrogens with zero attached hydrogens (tertiary/aromatic N) is 3. The van der Waals surface area contributed by atoms with E-state index in [9.17, 15) is 9.59 Å². The summed E-state index contributed by atoms with van der Waals surface area (Å²) >= 11 is 0. The first kappa shape index (κ1) is 17.2. The fourth-order valence-electron chi connectivity index (χ4n) is 2.78. The molecule has 7 nitrogen and oxygen atoms in total. The molecular formula is C20H20N4O3. The van der Waals surface area contributed by atoms with E-state index in [-0.39, 0.29) is 11.9 Å². The summed E-state index contributed by atoms with van der Waals surface area (Å²) in [6.45, 7) is 2.17. The van der Waals surface area contributed by atoms with Crippen molar-refractivity contribution in [2.75, 3.05) is 0 Å². The van der Waals surface area contributed by atoms with Crippen LogP contribution in [0.2, 0.25) is 0 Å². The third-order valence-electron chi connectivity index (χ3n) is 4.46. The number of benzene rings is 1. The van der Waals surface area contributed by atoms with Gasteiger partial charge in [-0.25, -0.2) is 14.5 Å². The van der Waals surface area contributed by atoms with Crippen molar-refractivity contribution in [1.82, 2.24) is 20.1 Å². The highest BCUT2D eigenvalue weighted by molar-refractivity contribution is 5.94. The second kappa shape index (κ2) is 7.19. The van der Waals surface area contributed by atoms with Crippen LogP contribution in [-0.4, -0.2) is 38.8 Å². The van der Waals surface area contributed by atoms with Gasteiger partial charge in [0.15, 0.2) is 11.8 Å². The minimum Gasteiger partial charge on any atom is -0.449 e. The number of carbonyl (C=O) groups excluding carboxylic acids is 2. The number of nitrogens with one attached hydrogen (secondary N) is 1. The lowest BCUT2D eigenvalue weighted by atomic mass is 10.2. The Kier molecular flexibility index (Phi) is 4.58. The van der Waals surface area contributed by atoms with Gasteiger partial charge in [0, 0.05) is 17.6 Å². The Bertz CT molecular complexity index is 979.